The summed E-state index contributed by atoms with van der Waals surface area (Å²) in [6.45, 7) is 5.63. The maximum atomic E-state index is 12.5. The second-order valence-electron chi connectivity index (χ2n) is 6.66. The second-order valence-corrected chi connectivity index (χ2v) is 8.45. The van der Waals surface area contributed by atoms with Gasteiger partial charge in [-0.25, -0.2) is 0 Å². The van der Waals surface area contributed by atoms with E-state index in [0.29, 0.717) is 11.0 Å². The van der Waals surface area contributed by atoms with Crippen molar-refractivity contribution in [2.75, 3.05) is 13.6 Å². The highest BCUT2D eigenvalue weighted by Gasteiger charge is 2.47. The number of nitrogens with zero attached hydrogens (tertiary/aromatic N) is 2. The van der Waals surface area contributed by atoms with Crippen molar-refractivity contribution in [2.45, 2.75) is 25.6 Å². The number of halogens is 3. The molecule has 7 heteroatoms. The van der Waals surface area contributed by atoms with Crippen LogP contribution in [0, 0.1) is 5.41 Å². The number of esters is 1. The molecular formula is C17H19BrCl2N2O2. The van der Waals surface area contributed by atoms with Crippen molar-refractivity contribution in [2.24, 2.45) is 10.5 Å². The van der Waals surface area contributed by atoms with Crippen molar-refractivity contribution in [1.29, 1.82) is 0 Å². The Morgan fingerprint density at radius 2 is 1.92 bits per heavy atom. The SMILES string of the molecule is CN1CC(Cl)(/C(OC(=O)C(C)(C)C)=C(\Br)c2ccccc2)C(Cl)=N1. The molecule has 0 amide bonds. The van der Waals surface area contributed by atoms with Crippen LogP contribution in [0.4, 0.5) is 0 Å². The number of alkyl halides is 1. The minimum absolute atomic E-state index is 0.163. The van der Waals surface area contributed by atoms with Gasteiger partial charge in [0.25, 0.3) is 0 Å². The molecule has 0 aromatic heterocycles. The summed E-state index contributed by atoms with van der Waals surface area (Å²) in [7, 11) is 1.76. The van der Waals surface area contributed by atoms with Gasteiger partial charge in [0.1, 0.15) is 0 Å². The van der Waals surface area contributed by atoms with E-state index in [1.54, 1.807) is 32.8 Å². The third-order valence-electron chi connectivity index (χ3n) is 3.43. The van der Waals surface area contributed by atoms with Gasteiger partial charge < -0.3 is 4.74 Å². The fourth-order valence-electron chi connectivity index (χ4n) is 2.07. The molecule has 24 heavy (non-hydrogen) atoms. The Kier molecular flexibility index (Phi) is 5.68. The summed E-state index contributed by atoms with van der Waals surface area (Å²) < 4.78 is 6.28. The van der Waals surface area contributed by atoms with E-state index in [1.165, 1.54) is 0 Å². The molecule has 0 saturated heterocycles. The van der Waals surface area contributed by atoms with Crippen molar-refractivity contribution >= 4 is 54.8 Å². The highest BCUT2D eigenvalue weighted by atomic mass is 79.9. The average molecular weight is 434 g/mol. The van der Waals surface area contributed by atoms with Crippen LogP contribution in [-0.4, -0.2) is 34.6 Å². The first-order valence-electron chi connectivity index (χ1n) is 7.38. The minimum atomic E-state index is -1.23. The number of hydrogen-bond donors (Lipinski definition) is 0. The Labute approximate surface area is 160 Å². The highest BCUT2D eigenvalue weighted by Crippen LogP contribution is 2.42. The van der Waals surface area contributed by atoms with Gasteiger partial charge in [-0.15, -0.1) is 11.6 Å². The standard InChI is InChI=1S/C17H19BrCl2N2O2/c1-16(2,3)15(23)24-13(12(18)11-8-6-5-7-9-11)17(20)10-22(4)21-14(17)19/h5-9H,10H2,1-4H3/b13-12+. The van der Waals surface area contributed by atoms with Gasteiger partial charge in [0.2, 0.25) is 0 Å². The Hall–Kier alpha value is -1.04. The molecule has 130 valence electrons. The molecule has 0 fully saturated rings. The topological polar surface area (TPSA) is 41.9 Å². The summed E-state index contributed by atoms with van der Waals surface area (Å²) in [5.41, 5.74) is 0.143. The first-order chi connectivity index (χ1) is 11.1. The van der Waals surface area contributed by atoms with Crippen LogP contribution in [0.3, 0.4) is 0 Å². The molecule has 1 heterocycles. The van der Waals surface area contributed by atoms with Crippen LogP contribution >= 0.6 is 39.1 Å². The number of hydrogen-bond acceptors (Lipinski definition) is 4. The van der Waals surface area contributed by atoms with E-state index in [-0.39, 0.29) is 10.9 Å². The Morgan fingerprint density at radius 3 is 2.38 bits per heavy atom. The Morgan fingerprint density at radius 1 is 1.33 bits per heavy atom. The monoisotopic (exact) mass is 432 g/mol. The van der Waals surface area contributed by atoms with E-state index in [4.69, 9.17) is 27.9 Å². The van der Waals surface area contributed by atoms with Gasteiger partial charge in [-0.2, -0.15) is 5.10 Å². The number of hydrazone groups is 1. The molecule has 1 aromatic rings. The van der Waals surface area contributed by atoms with Crippen LogP contribution in [-0.2, 0) is 9.53 Å². The third-order valence-corrected chi connectivity index (χ3v) is 5.21. The van der Waals surface area contributed by atoms with Crippen LogP contribution in [0.5, 0.6) is 0 Å². The van der Waals surface area contributed by atoms with Crippen LogP contribution in [0.15, 0.2) is 41.2 Å². The molecule has 4 nitrogen and oxygen atoms in total. The summed E-state index contributed by atoms with van der Waals surface area (Å²) in [6, 6.07) is 9.45. The summed E-state index contributed by atoms with van der Waals surface area (Å²) in [5.74, 6) is -0.155. The zero-order valence-electron chi connectivity index (χ0n) is 13.9. The van der Waals surface area contributed by atoms with Crippen molar-refractivity contribution in [3.63, 3.8) is 0 Å². The number of rotatable bonds is 3. The maximum Gasteiger partial charge on any atom is 0.316 e. The van der Waals surface area contributed by atoms with Crippen LogP contribution < -0.4 is 0 Å². The summed E-state index contributed by atoms with van der Waals surface area (Å²) in [5, 5.41) is 5.93. The fourth-order valence-corrected chi connectivity index (χ4v) is 3.49. The summed E-state index contributed by atoms with van der Waals surface area (Å²) in [4.78, 5) is 11.2. The molecule has 0 aliphatic carbocycles. The molecule has 1 aliphatic heterocycles. The molecule has 1 aliphatic rings. The van der Waals surface area contributed by atoms with Gasteiger partial charge in [0.05, 0.1) is 16.4 Å². The zero-order chi connectivity index (χ0) is 18.1. The van der Waals surface area contributed by atoms with E-state index in [9.17, 15) is 4.79 Å². The predicted molar refractivity (Wildman–Crippen MR) is 102 cm³/mol. The van der Waals surface area contributed by atoms with E-state index < -0.39 is 16.3 Å². The lowest BCUT2D eigenvalue weighted by Gasteiger charge is -2.27. The summed E-state index contributed by atoms with van der Waals surface area (Å²) in [6.07, 6.45) is 0. The molecule has 1 atom stereocenters. The lowest BCUT2D eigenvalue weighted by molar-refractivity contribution is -0.148. The highest BCUT2D eigenvalue weighted by molar-refractivity contribution is 9.15. The van der Waals surface area contributed by atoms with Crippen molar-refractivity contribution in [3.05, 3.63) is 41.7 Å². The largest absolute Gasteiger partial charge is 0.427 e. The van der Waals surface area contributed by atoms with E-state index >= 15 is 0 Å². The van der Waals surface area contributed by atoms with Gasteiger partial charge >= 0.3 is 5.97 Å². The number of carbonyl (C=O) groups is 1. The average Bonchev–Trinajstić information content (AvgIpc) is 2.77. The maximum absolute atomic E-state index is 12.5. The molecule has 2 rings (SSSR count). The number of ether oxygens (including phenoxy) is 1. The molecule has 1 aromatic carbocycles. The van der Waals surface area contributed by atoms with Gasteiger partial charge in [-0.1, -0.05) is 41.9 Å². The molecule has 0 bridgehead atoms. The van der Waals surface area contributed by atoms with Crippen LogP contribution in [0.25, 0.3) is 4.48 Å². The number of benzene rings is 1. The van der Waals surface area contributed by atoms with E-state index in [1.807, 2.05) is 30.3 Å². The normalized spacial score (nSPS) is 22.1. The molecule has 0 saturated carbocycles. The zero-order valence-corrected chi connectivity index (χ0v) is 17.0. The van der Waals surface area contributed by atoms with E-state index in [0.717, 1.165) is 5.56 Å². The van der Waals surface area contributed by atoms with Gasteiger partial charge in [0.15, 0.2) is 15.8 Å². The molecule has 0 spiro atoms. The lowest BCUT2D eigenvalue weighted by atomic mass is 9.97. The van der Waals surface area contributed by atoms with Crippen molar-refractivity contribution < 1.29 is 9.53 Å². The van der Waals surface area contributed by atoms with Gasteiger partial charge in [-0.05, 0) is 42.3 Å². The number of carbonyl (C=O) groups excluding carboxylic acids is 1. The fraction of sp³-hybridized carbons (Fsp3) is 0.412. The van der Waals surface area contributed by atoms with Gasteiger partial charge in [0, 0.05) is 7.05 Å². The molecule has 0 N–H and O–H groups in total. The first-order valence-corrected chi connectivity index (χ1v) is 8.93. The second kappa shape index (κ2) is 7.06. The minimum Gasteiger partial charge on any atom is -0.427 e. The van der Waals surface area contributed by atoms with Gasteiger partial charge in [-0.3, -0.25) is 9.80 Å². The molecule has 0 radical (unpaired) electrons. The van der Waals surface area contributed by atoms with Crippen molar-refractivity contribution in [1.82, 2.24) is 5.01 Å². The predicted octanol–water partition coefficient (Wildman–Crippen LogP) is 4.81. The van der Waals surface area contributed by atoms with E-state index in [2.05, 4.69) is 21.0 Å². The Bertz CT molecular complexity index is 698. The first kappa shape index (κ1) is 19.3. The molecular weight excluding hydrogens is 415 g/mol. The third kappa shape index (κ3) is 3.95. The van der Waals surface area contributed by atoms with Crippen molar-refractivity contribution in [3.8, 4) is 0 Å². The smallest absolute Gasteiger partial charge is 0.316 e. The quantitative estimate of drug-likeness (QED) is 0.390. The summed E-state index contributed by atoms with van der Waals surface area (Å²) >= 11 is 16.5. The molecule has 1 unspecified atom stereocenters. The van der Waals surface area contributed by atoms with Crippen LogP contribution in [0.1, 0.15) is 26.3 Å². The lowest BCUT2D eigenvalue weighted by Crippen LogP contribution is -2.38. The Balaban J connectivity index is 2.55. The van der Waals surface area contributed by atoms with Crippen LogP contribution in [0.2, 0.25) is 0 Å².